The molecule has 2 aromatic heterocycles. The summed E-state index contributed by atoms with van der Waals surface area (Å²) < 4.78 is 0. The van der Waals surface area contributed by atoms with Gasteiger partial charge in [0.1, 0.15) is 0 Å². The Bertz CT molecular complexity index is 609. The summed E-state index contributed by atoms with van der Waals surface area (Å²) in [5.74, 6) is -0.279. The Hall–Kier alpha value is -2.31. The van der Waals surface area contributed by atoms with Crippen LogP contribution in [0.15, 0.2) is 18.5 Å². The lowest BCUT2D eigenvalue weighted by Gasteiger charge is -2.27. The fourth-order valence-corrected chi connectivity index (χ4v) is 2.49. The predicted octanol–water partition coefficient (Wildman–Crippen LogP) is 1.79. The van der Waals surface area contributed by atoms with Crippen LogP contribution in [0.1, 0.15) is 44.4 Å². The lowest BCUT2D eigenvalue weighted by molar-refractivity contribution is 0.127. The van der Waals surface area contributed by atoms with Crippen LogP contribution in [0.5, 0.6) is 11.9 Å². The van der Waals surface area contributed by atoms with Crippen molar-refractivity contribution in [2.24, 2.45) is 0 Å². The van der Waals surface area contributed by atoms with Crippen LogP contribution in [-0.4, -0.2) is 35.3 Å². The molecule has 108 valence electrons. The second kappa shape index (κ2) is 4.99. The maximum absolute atomic E-state index is 9.77. The van der Waals surface area contributed by atoms with Gasteiger partial charge < -0.3 is 15.4 Å². The van der Waals surface area contributed by atoms with Crippen LogP contribution in [0.3, 0.4) is 0 Å². The van der Waals surface area contributed by atoms with E-state index in [1.54, 1.807) is 6.07 Å². The highest BCUT2D eigenvalue weighted by atomic mass is 16.5. The minimum Gasteiger partial charge on any atom is -0.493 e. The number of nitrogens with zero attached hydrogens (tertiary/aromatic N) is 4. The van der Waals surface area contributed by atoms with Crippen LogP contribution >= 0.6 is 0 Å². The molecule has 0 amide bonds. The van der Waals surface area contributed by atoms with Crippen molar-refractivity contribution in [3.05, 3.63) is 29.7 Å². The average molecular weight is 278 g/mol. The molecule has 0 aromatic carbocycles. The number of hydrogen-bond donors (Lipinski definition) is 3. The smallest absolute Gasteiger partial charge is 0.317 e. The minimum atomic E-state index is -0.453. The van der Waals surface area contributed by atoms with Crippen molar-refractivity contribution in [3.63, 3.8) is 0 Å². The largest absolute Gasteiger partial charge is 0.493 e. The molecule has 2 aromatic rings. The highest BCUT2D eigenvalue weighted by Crippen LogP contribution is 2.36. The average Bonchev–Trinajstić information content (AvgIpc) is 2.75. The Morgan fingerprint density at radius 1 is 1.35 bits per heavy atom. The first-order valence-electron chi connectivity index (χ1n) is 6.30. The van der Waals surface area contributed by atoms with E-state index in [0.29, 0.717) is 17.7 Å². The van der Waals surface area contributed by atoms with Crippen LogP contribution in [0.4, 0.5) is 0 Å². The first kappa shape index (κ1) is 14.1. The highest BCUT2D eigenvalue weighted by Gasteiger charge is 2.29. The lowest BCUT2D eigenvalue weighted by Crippen LogP contribution is -2.24. The topological polar surface area (TPSA) is 104 Å². The Kier molecular flexibility index (Phi) is 3.52. The molecule has 0 bridgehead atoms. The third-order valence-corrected chi connectivity index (χ3v) is 3.45. The zero-order valence-corrected chi connectivity index (χ0v) is 11.6. The molecule has 0 unspecified atom stereocenters. The van der Waals surface area contributed by atoms with Gasteiger partial charge >= 0.3 is 6.01 Å². The summed E-state index contributed by atoms with van der Waals surface area (Å²) in [6.07, 6.45) is 3.58. The van der Waals surface area contributed by atoms with Crippen molar-refractivity contribution < 1.29 is 15.4 Å². The number of hydrogen-bond acceptors (Lipinski definition) is 6. The van der Waals surface area contributed by atoms with Gasteiger partial charge in [-0.3, -0.25) is 0 Å². The van der Waals surface area contributed by atoms with E-state index < -0.39 is 6.01 Å². The zero-order chi connectivity index (χ0) is 14.9. The van der Waals surface area contributed by atoms with Crippen LogP contribution in [-0.2, 0) is 5.41 Å². The molecule has 1 atom stereocenters. The van der Waals surface area contributed by atoms with Gasteiger partial charge in [-0.2, -0.15) is 4.98 Å². The van der Waals surface area contributed by atoms with Gasteiger partial charge in [-0.1, -0.05) is 20.8 Å². The van der Waals surface area contributed by atoms with Gasteiger partial charge in [-0.05, 0) is 18.4 Å². The van der Waals surface area contributed by atoms with Crippen molar-refractivity contribution >= 4 is 0 Å². The highest BCUT2D eigenvalue weighted by molar-refractivity contribution is 5.28. The van der Waals surface area contributed by atoms with Crippen LogP contribution < -0.4 is 0 Å². The molecule has 0 aliphatic heterocycles. The van der Waals surface area contributed by atoms with E-state index >= 15 is 0 Å². The summed E-state index contributed by atoms with van der Waals surface area (Å²) in [4.78, 5) is 8.09. The number of aromatic nitrogens is 4. The molecule has 2 rings (SSSR count). The van der Waals surface area contributed by atoms with Crippen LogP contribution in [0, 0.1) is 0 Å². The number of rotatable bonds is 4. The van der Waals surface area contributed by atoms with Gasteiger partial charge in [0, 0.05) is 17.2 Å². The van der Waals surface area contributed by atoms with Crippen molar-refractivity contribution in [1.29, 1.82) is 0 Å². The second-order valence-electron chi connectivity index (χ2n) is 5.54. The molecule has 3 N–H and O–H groups in total. The fourth-order valence-electron chi connectivity index (χ4n) is 2.49. The van der Waals surface area contributed by atoms with Crippen LogP contribution in [0.2, 0.25) is 0 Å². The van der Waals surface area contributed by atoms with E-state index in [-0.39, 0.29) is 17.2 Å². The summed E-state index contributed by atoms with van der Waals surface area (Å²) in [5, 5.41) is 32.3. The van der Waals surface area contributed by atoms with Crippen molar-refractivity contribution in [1.82, 2.24) is 19.9 Å². The van der Waals surface area contributed by atoms with Crippen molar-refractivity contribution in [3.8, 4) is 11.9 Å². The van der Waals surface area contributed by atoms with Gasteiger partial charge in [0.05, 0.1) is 11.9 Å². The molecule has 20 heavy (non-hydrogen) atoms. The van der Waals surface area contributed by atoms with Gasteiger partial charge in [0.15, 0.2) is 0 Å². The molecule has 0 saturated heterocycles. The normalized spacial score (nSPS) is 13.3. The maximum atomic E-state index is 9.77. The van der Waals surface area contributed by atoms with E-state index in [9.17, 15) is 10.3 Å². The Balaban J connectivity index is 2.22. The molecule has 0 aliphatic carbocycles. The standard InChI is InChI=1S/C13H18N4O3/c1-8(9-7-14-12(19)16-11(9)18)6-13(2,3)10-4-5-15-17(10)20/h4-5,7-8,20H,6H2,1-3H3,(H2,14,16,18,19)/t8-/m1/s1. The van der Waals surface area contributed by atoms with Gasteiger partial charge in [-0.15, -0.1) is 9.94 Å². The third kappa shape index (κ3) is 2.66. The van der Waals surface area contributed by atoms with Crippen molar-refractivity contribution in [2.45, 2.75) is 38.5 Å². The first-order valence-corrected chi connectivity index (χ1v) is 6.30. The molecule has 0 aliphatic rings. The van der Waals surface area contributed by atoms with Gasteiger partial charge in [0.25, 0.3) is 0 Å². The van der Waals surface area contributed by atoms with Crippen molar-refractivity contribution in [2.75, 3.05) is 0 Å². The molecular formula is C13H18N4O3. The molecule has 0 radical (unpaired) electrons. The molecule has 0 fully saturated rings. The summed E-state index contributed by atoms with van der Waals surface area (Å²) in [6.45, 7) is 5.88. The zero-order valence-electron chi connectivity index (χ0n) is 11.6. The van der Waals surface area contributed by atoms with E-state index in [1.807, 2.05) is 20.8 Å². The van der Waals surface area contributed by atoms with E-state index in [0.717, 1.165) is 4.85 Å². The Morgan fingerprint density at radius 3 is 2.60 bits per heavy atom. The summed E-state index contributed by atoms with van der Waals surface area (Å²) in [7, 11) is 0. The molecular weight excluding hydrogens is 260 g/mol. The third-order valence-electron chi connectivity index (χ3n) is 3.45. The molecule has 7 heteroatoms. The quantitative estimate of drug-likeness (QED) is 0.736. The molecule has 7 nitrogen and oxygen atoms in total. The molecule has 0 spiro atoms. The van der Waals surface area contributed by atoms with Gasteiger partial charge in [-0.25, -0.2) is 4.98 Å². The first-order chi connectivity index (χ1) is 9.31. The lowest BCUT2D eigenvalue weighted by atomic mass is 9.79. The van der Waals surface area contributed by atoms with Gasteiger partial charge in [0.2, 0.25) is 5.88 Å². The van der Waals surface area contributed by atoms with E-state index in [1.165, 1.54) is 12.4 Å². The Morgan fingerprint density at radius 2 is 2.05 bits per heavy atom. The maximum Gasteiger partial charge on any atom is 0.317 e. The SMILES string of the molecule is C[C@H](CC(C)(C)c1ccnn1O)c1cnc(O)nc1O. The molecule has 2 heterocycles. The van der Waals surface area contributed by atoms with E-state index in [4.69, 9.17) is 5.11 Å². The second-order valence-corrected chi connectivity index (χ2v) is 5.54. The fraction of sp³-hybridized carbons (Fsp3) is 0.462. The van der Waals surface area contributed by atoms with E-state index in [2.05, 4.69) is 15.1 Å². The Labute approximate surface area is 116 Å². The predicted molar refractivity (Wildman–Crippen MR) is 70.8 cm³/mol. The summed E-state index contributed by atoms with van der Waals surface area (Å²) in [5.41, 5.74) is 0.887. The van der Waals surface area contributed by atoms with Crippen LogP contribution in [0.25, 0.3) is 0 Å². The summed E-state index contributed by atoms with van der Waals surface area (Å²) >= 11 is 0. The summed E-state index contributed by atoms with van der Waals surface area (Å²) in [6, 6.07) is 1.30. The molecule has 0 saturated carbocycles. The minimum absolute atomic E-state index is 0.0551. The number of aromatic hydroxyl groups is 2. The monoisotopic (exact) mass is 278 g/mol.